The smallest absolute Gasteiger partial charge is 0.152 e. The fourth-order valence-corrected chi connectivity index (χ4v) is 0.248. The molecule has 8 heavy (non-hydrogen) atoms. The third-order valence-corrected chi connectivity index (χ3v) is 0.714. The number of aldehydes is 1. The second kappa shape index (κ2) is 2.49. The highest BCUT2D eigenvalue weighted by molar-refractivity contribution is 5.61. The van der Waals surface area contributed by atoms with Crippen molar-refractivity contribution in [1.29, 1.82) is 0 Å². The lowest BCUT2D eigenvalue weighted by Crippen LogP contribution is -2.24. The molecule has 0 rings (SSSR count). The third kappa shape index (κ3) is 2.38. The lowest BCUT2D eigenvalue weighted by atomic mass is 10.1. The fraction of sp³-hybridized carbons (Fsp3) is 0.500. The Bertz CT molecular complexity index is 119. The first kappa shape index (κ1) is 7.19. The monoisotopic (exact) mass is 112 g/mol. The number of terminal acetylenes is 1. The molecule has 0 fully saturated rings. The van der Waals surface area contributed by atoms with Crippen LogP contribution in [0.2, 0.25) is 0 Å². The van der Waals surface area contributed by atoms with Crippen molar-refractivity contribution in [2.24, 2.45) is 0 Å². The van der Waals surface area contributed by atoms with Gasteiger partial charge >= 0.3 is 0 Å². The highest BCUT2D eigenvalue weighted by atomic mass is 16.3. The van der Waals surface area contributed by atoms with Gasteiger partial charge in [0.2, 0.25) is 0 Å². The van der Waals surface area contributed by atoms with Gasteiger partial charge < -0.3 is 9.90 Å². The molecule has 1 atom stereocenters. The molecule has 0 spiro atoms. The van der Waals surface area contributed by atoms with E-state index < -0.39 is 5.60 Å². The number of hydrogen-bond acceptors (Lipinski definition) is 2. The molecule has 0 aromatic carbocycles. The quantitative estimate of drug-likeness (QED) is 0.402. The number of carbonyl (C=O) groups is 1. The van der Waals surface area contributed by atoms with Gasteiger partial charge in [-0.05, 0) is 6.92 Å². The van der Waals surface area contributed by atoms with E-state index in [2.05, 4.69) is 5.92 Å². The Balaban J connectivity index is 3.76. The minimum absolute atomic E-state index is 0.0799. The standard InChI is InChI=1S/C6H8O2/c1-3-4-6(2,8)5-7/h1,5,8H,4H2,2H3. The maximum absolute atomic E-state index is 9.87. The van der Waals surface area contributed by atoms with Crippen LogP contribution in [-0.2, 0) is 4.79 Å². The molecule has 0 aliphatic carbocycles. The predicted molar refractivity (Wildman–Crippen MR) is 30.1 cm³/mol. The summed E-state index contributed by atoms with van der Waals surface area (Å²) in [5.74, 6) is 2.18. The summed E-state index contributed by atoms with van der Waals surface area (Å²) in [6.07, 6.45) is 5.34. The molecule has 0 saturated heterocycles. The zero-order valence-electron chi connectivity index (χ0n) is 4.72. The van der Waals surface area contributed by atoms with Crippen molar-refractivity contribution >= 4 is 6.29 Å². The molecular weight excluding hydrogens is 104 g/mol. The summed E-state index contributed by atoms with van der Waals surface area (Å²) in [6, 6.07) is 0. The van der Waals surface area contributed by atoms with Crippen LogP contribution in [0.3, 0.4) is 0 Å². The lowest BCUT2D eigenvalue weighted by Gasteiger charge is -2.09. The van der Waals surface area contributed by atoms with Crippen molar-refractivity contribution in [2.75, 3.05) is 0 Å². The molecule has 44 valence electrons. The van der Waals surface area contributed by atoms with Crippen LogP contribution in [0.15, 0.2) is 0 Å². The van der Waals surface area contributed by atoms with E-state index in [9.17, 15) is 4.79 Å². The van der Waals surface area contributed by atoms with Crippen LogP contribution in [0.1, 0.15) is 13.3 Å². The first-order chi connectivity index (χ1) is 3.62. The second-order valence-corrected chi connectivity index (χ2v) is 1.86. The molecule has 0 heterocycles. The van der Waals surface area contributed by atoms with E-state index >= 15 is 0 Å². The number of rotatable bonds is 2. The van der Waals surface area contributed by atoms with E-state index in [-0.39, 0.29) is 6.42 Å². The van der Waals surface area contributed by atoms with Crippen molar-refractivity contribution in [3.8, 4) is 12.3 Å². The van der Waals surface area contributed by atoms with Crippen molar-refractivity contribution in [3.05, 3.63) is 0 Å². The van der Waals surface area contributed by atoms with Crippen LogP contribution in [0.4, 0.5) is 0 Å². The highest BCUT2D eigenvalue weighted by Crippen LogP contribution is 2.01. The first-order valence-corrected chi connectivity index (χ1v) is 2.24. The van der Waals surface area contributed by atoms with E-state index in [4.69, 9.17) is 11.5 Å². The van der Waals surface area contributed by atoms with Crippen molar-refractivity contribution < 1.29 is 9.90 Å². The summed E-state index contributed by atoms with van der Waals surface area (Å²) in [7, 11) is 0. The van der Waals surface area contributed by atoms with Gasteiger partial charge in [-0.3, -0.25) is 0 Å². The SMILES string of the molecule is C#CCC(C)(O)C=O. The first-order valence-electron chi connectivity index (χ1n) is 2.24. The average molecular weight is 112 g/mol. The van der Waals surface area contributed by atoms with E-state index in [1.54, 1.807) is 0 Å². The molecule has 0 bridgehead atoms. The van der Waals surface area contributed by atoms with Crippen LogP contribution in [-0.4, -0.2) is 17.0 Å². The fourth-order valence-electron chi connectivity index (χ4n) is 0.248. The Hall–Kier alpha value is -0.810. The molecule has 0 aliphatic rings. The number of aliphatic hydroxyl groups is 1. The van der Waals surface area contributed by atoms with Crippen LogP contribution in [0.5, 0.6) is 0 Å². The maximum Gasteiger partial charge on any atom is 0.152 e. The van der Waals surface area contributed by atoms with Gasteiger partial charge in [0.1, 0.15) is 5.60 Å². The maximum atomic E-state index is 9.87. The van der Waals surface area contributed by atoms with Gasteiger partial charge in [-0.15, -0.1) is 12.3 Å². The second-order valence-electron chi connectivity index (χ2n) is 1.86. The van der Waals surface area contributed by atoms with Crippen LogP contribution < -0.4 is 0 Å². The minimum atomic E-state index is -1.32. The molecule has 1 N–H and O–H groups in total. The Labute approximate surface area is 48.5 Å². The summed E-state index contributed by atoms with van der Waals surface area (Å²) < 4.78 is 0. The number of carbonyl (C=O) groups excluding carboxylic acids is 1. The molecule has 0 aliphatic heterocycles. The van der Waals surface area contributed by atoms with Crippen LogP contribution in [0.25, 0.3) is 0 Å². The van der Waals surface area contributed by atoms with E-state index in [0.717, 1.165) is 0 Å². The van der Waals surface area contributed by atoms with Crippen LogP contribution in [0, 0.1) is 12.3 Å². The lowest BCUT2D eigenvalue weighted by molar-refractivity contribution is -0.121. The summed E-state index contributed by atoms with van der Waals surface area (Å²) in [5.41, 5.74) is -1.32. The molecule has 0 saturated carbocycles. The zero-order chi connectivity index (χ0) is 6.62. The van der Waals surface area contributed by atoms with Gasteiger partial charge in [-0.25, -0.2) is 0 Å². The van der Waals surface area contributed by atoms with Gasteiger partial charge in [0.15, 0.2) is 6.29 Å². The molecule has 0 amide bonds. The molecule has 2 heteroatoms. The van der Waals surface area contributed by atoms with Crippen molar-refractivity contribution in [2.45, 2.75) is 18.9 Å². The minimum Gasteiger partial charge on any atom is -0.382 e. The largest absolute Gasteiger partial charge is 0.382 e. The predicted octanol–water partition coefficient (Wildman–Crippen LogP) is -0.0404. The van der Waals surface area contributed by atoms with Gasteiger partial charge in [0.05, 0.1) is 0 Å². The Morgan fingerprint density at radius 2 is 2.50 bits per heavy atom. The Morgan fingerprint density at radius 3 is 2.62 bits per heavy atom. The van der Waals surface area contributed by atoms with Gasteiger partial charge in [0.25, 0.3) is 0 Å². The van der Waals surface area contributed by atoms with Gasteiger partial charge in [-0.2, -0.15) is 0 Å². The highest BCUT2D eigenvalue weighted by Gasteiger charge is 2.15. The molecule has 1 unspecified atom stereocenters. The van der Waals surface area contributed by atoms with Crippen LogP contribution >= 0.6 is 0 Å². The van der Waals surface area contributed by atoms with E-state index in [1.165, 1.54) is 6.92 Å². The zero-order valence-corrected chi connectivity index (χ0v) is 4.72. The van der Waals surface area contributed by atoms with Crippen molar-refractivity contribution in [1.82, 2.24) is 0 Å². The van der Waals surface area contributed by atoms with Crippen molar-refractivity contribution in [3.63, 3.8) is 0 Å². The summed E-state index contributed by atoms with van der Waals surface area (Å²) >= 11 is 0. The Morgan fingerprint density at radius 1 is 2.00 bits per heavy atom. The topological polar surface area (TPSA) is 37.3 Å². The van der Waals surface area contributed by atoms with E-state index in [1.807, 2.05) is 0 Å². The molecule has 0 radical (unpaired) electrons. The molecule has 0 aromatic heterocycles. The summed E-state index contributed by atoms with van der Waals surface area (Å²) in [6.45, 7) is 1.37. The normalized spacial score (nSPS) is 16.1. The number of hydrogen-bond donors (Lipinski definition) is 1. The average Bonchev–Trinajstić information content (AvgIpc) is 1.67. The summed E-state index contributed by atoms with van der Waals surface area (Å²) in [4.78, 5) is 9.87. The Kier molecular flexibility index (Phi) is 2.23. The van der Waals surface area contributed by atoms with Gasteiger partial charge in [-0.1, -0.05) is 0 Å². The molecular formula is C6H8O2. The third-order valence-electron chi connectivity index (χ3n) is 0.714. The van der Waals surface area contributed by atoms with E-state index in [0.29, 0.717) is 6.29 Å². The molecule has 0 aromatic rings. The van der Waals surface area contributed by atoms with Gasteiger partial charge in [0, 0.05) is 6.42 Å². The molecule has 2 nitrogen and oxygen atoms in total. The summed E-state index contributed by atoms with van der Waals surface area (Å²) in [5, 5.41) is 8.81.